The molecule has 7 heteroatoms. The molecule has 1 aliphatic rings. The third-order valence-electron chi connectivity index (χ3n) is 5.06. The number of aromatic amines is 1. The van der Waals surface area contributed by atoms with Crippen LogP contribution in [-0.2, 0) is 24.1 Å². The number of hydrogen-bond acceptors (Lipinski definition) is 5. The van der Waals surface area contributed by atoms with Crippen LogP contribution in [0.5, 0.6) is 0 Å². The summed E-state index contributed by atoms with van der Waals surface area (Å²) in [6.07, 6.45) is 3.91. The number of nitrogens with zero attached hydrogens (tertiary/aromatic N) is 1. The van der Waals surface area contributed by atoms with Gasteiger partial charge in [-0.2, -0.15) is 0 Å². The van der Waals surface area contributed by atoms with Crippen molar-refractivity contribution in [3.63, 3.8) is 0 Å². The minimum atomic E-state index is -0.0796. The first kappa shape index (κ1) is 19.2. The van der Waals surface area contributed by atoms with Crippen molar-refractivity contribution in [3.05, 3.63) is 56.7 Å². The highest BCUT2D eigenvalue weighted by molar-refractivity contribution is 7.99. The van der Waals surface area contributed by atoms with E-state index >= 15 is 0 Å². The third-order valence-corrected chi connectivity index (χ3v) is 7.08. The fourth-order valence-corrected chi connectivity index (χ4v) is 5.71. The van der Waals surface area contributed by atoms with Gasteiger partial charge < -0.3 is 10.3 Å². The molecule has 4 rings (SSSR count). The van der Waals surface area contributed by atoms with Crippen molar-refractivity contribution in [3.8, 4) is 0 Å². The number of fused-ring (bicyclic) bond motifs is 3. The van der Waals surface area contributed by atoms with E-state index in [0.717, 1.165) is 35.9 Å². The molecule has 1 aliphatic carbocycles. The van der Waals surface area contributed by atoms with Crippen molar-refractivity contribution in [2.24, 2.45) is 5.92 Å². The van der Waals surface area contributed by atoms with Crippen LogP contribution in [-0.4, -0.2) is 28.2 Å². The number of aromatic nitrogens is 2. The van der Waals surface area contributed by atoms with E-state index in [0.29, 0.717) is 17.6 Å². The number of rotatable bonds is 6. The summed E-state index contributed by atoms with van der Waals surface area (Å²) in [6, 6.07) is 10.1. The second kappa shape index (κ2) is 8.49. The zero-order chi connectivity index (χ0) is 19.5. The SMILES string of the molecule is C[C@H]1CCc2c(sc3nc(SCC(=O)NCCc4ccccc4)[nH]c(=O)c23)C1. The molecule has 0 fully saturated rings. The molecule has 0 aliphatic heterocycles. The van der Waals surface area contributed by atoms with Gasteiger partial charge in [-0.25, -0.2) is 4.98 Å². The Balaban J connectivity index is 1.37. The topological polar surface area (TPSA) is 74.8 Å². The summed E-state index contributed by atoms with van der Waals surface area (Å²) < 4.78 is 0. The van der Waals surface area contributed by atoms with Gasteiger partial charge in [0.1, 0.15) is 4.83 Å². The van der Waals surface area contributed by atoms with E-state index in [9.17, 15) is 9.59 Å². The van der Waals surface area contributed by atoms with Crippen molar-refractivity contribution in [1.82, 2.24) is 15.3 Å². The summed E-state index contributed by atoms with van der Waals surface area (Å²) in [5.74, 6) is 0.849. The molecule has 0 bridgehead atoms. The second-order valence-corrected chi connectivity index (χ2v) is 9.32. The molecular formula is C21H23N3O2S2. The Morgan fingerprint density at radius 2 is 2.18 bits per heavy atom. The van der Waals surface area contributed by atoms with Crippen LogP contribution >= 0.6 is 23.1 Å². The van der Waals surface area contributed by atoms with E-state index in [-0.39, 0.29) is 17.2 Å². The first-order valence-corrected chi connectivity index (χ1v) is 11.4. The Kier molecular flexibility index (Phi) is 5.82. The number of benzene rings is 1. The van der Waals surface area contributed by atoms with Crippen LogP contribution in [0, 0.1) is 5.92 Å². The summed E-state index contributed by atoms with van der Waals surface area (Å²) in [5.41, 5.74) is 2.30. The van der Waals surface area contributed by atoms with E-state index in [1.165, 1.54) is 27.8 Å². The monoisotopic (exact) mass is 413 g/mol. The number of carbonyl (C=O) groups excluding carboxylic acids is 1. The molecular weight excluding hydrogens is 390 g/mol. The van der Waals surface area contributed by atoms with E-state index in [1.807, 2.05) is 30.3 Å². The summed E-state index contributed by atoms with van der Waals surface area (Å²) in [5, 5.41) is 4.19. The maximum atomic E-state index is 12.6. The zero-order valence-corrected chi connectivity index (χ0v) is 17.4. The van der Waals surface area contributed by atoms with Gasteiger partial charge >= 0.3 is 0 Å². The highest BCUT2D eigenvalue weighted by Gasteiger charge is 2.23. The molecule has 1 atom stereocenters. The molecule has 0 spiro atoms. The van der Waals surface area contributed by atoms with E-state index in [1.54, 1.807) is 11.3 Å². The fourth-order valence-electron chi connectivity index (χ4n) is 3.57. The molecule has 0 saturated heterocycles. The van der Waals surface area contributed by atoms with Crippen LogP contribution in [0.4, 0.5) is 0 Å². The zero-order valence-electron chi connectivity index (χ0n) is 15.8. The van der Waals surface area contributed by atoms with Gasteiger partial charge in [-0.05, 0) is 42.7 Å². The fraction of sp³-hybridized carbons (Fsp3) is 0.381. The van der Waals surface area contributed by atoms with Crippen LogP contribution < -0.4 is 10.9 Å². The molecule has 146 valence electrons. The molecule has 2 aromatic heterocycles. The first-order chi connectivity index (χ1) is 13.6. The summed E-state index contributed by atoms with van der Waals surface area (Å²) in [6.45, 7) is 2.85. The van der Waals surface area contributed by atoms with Crippen LogP contribution in [0.1, 0.15) is 29.3 Å². The number of thioether (sulfide) groups is 1. The van der Waals surface area contributed by atoms with Crippen molar-refractivity contribution >= 4 is 39.2 Å². The minimum absolute atomic E-state index is 0.0528. The summed E-state index contributed by atoms with van der Waals surface area (Å²) in [4.78, 5) is 34.3. The van der Waals surface area contributed by atoms with Crippen LogP contribution in [0.25, 0.3) is 10.2 Å². The number of carbonyl (C=O) groups is 1. The molecule has 1 amide bonds. The predicted octanol–water partition coefficient (Wildman–Crippen LogP) is 3.56. The van der Waals surface area contributed by atoms with Gasteiger partial charge in [0.25, 0.3) is 5.56 Å². The van der Waals surface area contributed by atoms with Gasteiger partial charge in [0.15, 0.2) is 5.16 Å². The van der Waals surface area contributed by atoms with Crippen molar-refractivity contribution in [2.45, 2.75) is 37.8 Å². The molecule has 1 aromatic carbocycles. The van der Waals surface area contributed by atoms with Crippen LogP contribution in [0.15, 0.2) is 40.3 Å². The highest BCUT2D eigenvalue weighted by Crippen LogP contribution is 2.36. The molecule has 2 N–H and O–H groups in total. The maximum Gasteiger partial charge on any atom is 0.260 e. The number of thiophene rings is 1. The number of nitrogens with one attached hydrogen (secondary N) is 2. The van der Waals surface area contributed by atoms with Crippen molar-refractivity contribution in [2.75, 3.05) is 12.3 Å². The Labute approximate surface area is 172 Å². The highest BCUT2D eigenvalue weighted by atomic mass is 32.2. The van der Waals surface area contributed by atoms with Gasteiger partial charge in [-0.15, -0.1) is 11.3 Å². The largest absolute Gasteiger partial charge is 0.355 e. The Morgan fingerprint density at radius 1 is 1.36 bits per heavy atom. The predicted molar refractivity (Wildman–Crippen MR) is 115 cm³/mol. The third kappa shape index (κ3) is 4.31. The smallest absolute Gasteiger partial charge is 0.260 e. The Morgan fingerprint density at radius 3 is 3.00 bits per heavy atom. The average molecular weight is 414 g/mol. The molecule has 0 unspecified atom stereocenters. The van der Waals surface area contributed by atoms with E-state index < -0.39 is 0 Å². The van der Waals surface area contributed by atoms with E-state index in [4.69, 9.17) is 0 Å². The molecule has 28 heavy (non-hydrogen) atoms. The number of H-pyrrole nitrogens is 1. The molecule has 0 radical (unpaired) electrons. The lowest BCUT2D eigenvalue weighted by Gasteiger charge is -2.17. The second-order valence-electron chi connectivity index (χ2n) is 7.28. The average Bonchev–Trinajstić information content (AvgIpc) is 3.05. The van der Waals surface area contributed by atoms with Crippen LogP contribution in [0.2, 0.25) is 0 Å². The van der Waals surface area contributed by atoms with Crippen molar-refractivity contribution in [1.29, 1.82) is 0 Å². The van der Waals surface area contributed by atoms with Gasteiger partial charge in [-0.3, -0.25) is 9.59 Å². The lowest BCUT2D eigenvalue weighted by Crippen LogP contribution is -2.27. The van der Waals surface area contributed by atoms with Crippen LogP contribution in [0.3, 0.4) is 0 Å². The van der Waals surface area contributed by atoms with Gasteiger partial charge in [0.05, 0.1) is 11.1 Å². The van der Waals surface area contributed by atoms with Gasteiger partial charge in [0, 0.05) is 11.4 Å². The molecule has 3 aromatic rings. The minimum Gasteiger partial charge on any atom is -0.355 e. The molecule has 5 nitrogen and oxygen atoms in total. The summed E-state index contributed by atoms with van der Waals surface area (Å²) in [7, 11) is 0. The summed E-state index contributed by atoms with van der Waals surface area (Å²) >= 11 is 2.91. The Hall–Kier alpha value is -2.12. The number of amides is 1. The molecule has 0 saturated carbocycles. The quantitative estimate of drug-likeness (QED) is 0.479. The normalized spacial score (nSPS) is 16.1. The van der Waals surface area contributed by atoms with E-state index in [2.05, 4.69) is 22.2 Å². The maximum absolute atomic E-state index is 12.6. The molecule has 2 heterocycles. The standard InChI is InChI=1S/C21H23N3O2S2/c1-13-7-8-15-16(11-13)28-20-18(15)19(26)23-21(24-20)27-12-17(25)22-10-9-14-5-3-2-4-6-14/h2-6,13H,7-12H2,1H3,(H,22,25)(H,23,24,26)/t13-/m0/s1. The number of hydrogen-bond donors (Lipinski definition) is 2. The first-order valence-electron chi connectivity index (χ1n) is 9.58. The van der Waals surface area contributed by atoms with Crippen molar-refractivity contribution < 1.29 is 4.79 Å². The van der Waals surface area contributed by atoms with Gasteiger partial charge in [-0.1, -0.05) is 49.0 Å². The lowest BCUT2D eigenvalue weighted by atomic mass is 9.89. The lowest BCUT2D eigenvalue weighted by molar-refractivity contribution is -0.118. The van der Waals surface area contributed by atoms with Gasteiger partial charge in [0.2, 0.25) is 5.91 Å². The number of aryl methyl sites for hydroxylation is 1. The Bertz CT molecular complexity index is 1040.